The molecule has 0 fully saturated rings. The molecule has 0 atom stereocenters. The standard InChI is InChI=1S/C15H12N2O3S/c1-2-18-15-14(13-4-3-5-21-13)16-9-6-11-12(20-8-19-11)7-10(9)17-15/h3-7H,2,8H2,1H3. The summed E-state index contributed by atoms with van der Waals surface area (Å²) in [5.74, 6) is 1.95. The Hall–Kier alpha value is -2.34. The van der Waals surface area contributed by atoms with E-state index in [2.05, 4.69) is 4.98 Å². The van der Waals surface area contributed by atoms with Gasteiger partial charge in [-0.15, -0.1) is 11.3 Å². The molecule has 0 aliphatic carbocycles. The summed E-state index contributed by atoms with van der Waals surface area (Å²) in [5.41, 5.74) is 2.27. The second-order valence-corrected chi connectivity index (χ2v) is 5.43. The highest BCUT2D eigenvalue weighted by Crippen LogP contribution is 2.38. The molecule has 3 aromatic rings. The van der Waals surface area contributed by atoms with Crippen LogP contribution in [0.15, 0.2) is 29.6 Å². The van der Waals surface area contributed by atoms with E-state index in [1.807, 2.05) is 36.6 Å². The quantitative estimate of drug-likeness (QED) is 0.741. The summed E-state index contributed by atoms with van der Waals surface area (Å²) < 4.78 is 16.4. The molecule has 6 heteroatoms. The molecule has 0 saturated heterocycles. The topological polar surface area (TPSA) is 53.5 Å². The second kappa shape index (κ2) is 4.89. The molecule has 0 N–H and O–H groups in total. The first-order chi connectivity index (χ1) is 10.3. The average molecular weight is 300 g/mol. The van der Waals surface area contributed by atoms with Crippen molar-refractivity contribution in [1.29, 1.82) is 0 Å². The molecule has 2 aromatic heterocycles. The lowest BCUT2D eigenvalue weighted by atomic mass is 10.2. The maximum Gasteiger partial charge on any atom is 0.242 e. The maximum atomic E-state index is 5.65. The number of fused-ring (bicyclic) bond motifs is 2. The van der Waals surface area contributed by atoms with Crippen LogP contribution in [0.3, 0.4) is 0 Å². The summed E-state index contributed by atoms with van der Waals surface area (Å²) in [4.78, 5) is 10.3. The second-order valence-electron chi connectivity index (χ2n) is 4.48. The lowest BCUT2D eigenvalue weighted by Gasteiger charge is -2.09. The Balaban J connectivity index is 1.95. The molecular weight excluding hydrogens is 288 g/mol. The van der Waals surface area contributed by atoms with E-state index in [0.717, 1.165) is 21.6 Å². The number of benzene rings is 1. The molecule has 106 valence electrons. The number of nitrogens with zero attached hydrogens (tertiary/aromatic N) is 2. The highest BCUT2D eigenvalue weighted by atomic mass is 32.1. The van der Waals surface area contributed by atoms with Crippen molar-refractivity contribution in [3.05, 3.63) is 29.6 Å². The zero-order valence-corrected chi connectivity index (χ0v) is 12.1. The Labute approximate surface area is 125 Å². The molecule has 5 nitrogen and oxygen atoms in total. The van der Waals surface area contributed by atoms with Crippen molar-refractivity contribution in [1.82, 2.24) is 9.97 Å². The van der Waals surface area contributed by atoms with Crippen LogP contribution in [-0.4, -0.2) is 23.4 Å². The van der Waals surface area contributed by atoms with Gasteiger partial charge in [-0.3, -0.25) is 0 Å². The van der Waals surface area contributed by atoms with Gasteiger partial charge in [0.15, 0.2) is 11.5 Å². The zero-order valence-electron chi connectivity index (χ0n) is 11.3. The van der Waals surface area contributed by atoms with E-state index in [0.29, 0.717) is 24.0 Å². The Bertz CT molecular complexity index is 802. The van der Waals surface area contributed by atoms with Crippen LogP contribution in [0.1, 0.15) is 6.92 Å². The molecule has 1 aliphatic rings. The minimum Gasteiger partial charge on any atom is -0.476 e. The molecule has 1 aliphatic heterocycles. The van der Waals surface area contributed by atoms with E-state index in [4.69, 9.17) is 19.2 Å². The first-order valence-corrected chi connectivity index (χ1v) is 7.51. The van der Waals surface area contributed by atoms with Gasteiger partial charge >= 0.3 is 0 Å². The van der Waals surface area contributed by atoms with Gasteiger partial charge in [0.25, 0.3) is 0 Å². The first kappa shape index (κ1) is 12.4. The van der Waals surface area contributed by atoms with Gasteiger partial charge in [-0.1, -0.05) is 6.07 Å². The third-order valence-corrected chi connectivity index (χ3v) is 4.04. The molecule has 0 amide bonds. The largest absolute Gasteiger partial charge is 0.476 e. The molecule has 0 spiro atoms. The Kier molecular flexibility index (Phi) is 2.89. The van der Waals surface area contributed by atoms with Crippen LogP contribution in [-0.2, 0) is 0 Å². The van der Waals surface area contributed by atoms with Gasteiger partial charge < -0.3 is 14.2 Å². The number of hydrogen-bond acceptors (Lipinski definition) is 6. The fourth-order valence-electron chi connectivity index (χ4n) is 2.24. The average Bonchev–Trinajstić information content (AvgIpc) is 3.15. The van der Waals surface area contributed by atoms with Gasteiger partial charge in [0.1, 0.15) is 5.69 Å². The molecule has 0 radical (unpaired) electrons. The number of thiophene rings is 1. The van der Waals surface area contributed by atoms with Gasteiger partial charge in [-0.05, 0) is 18.4 Å². The SMILES string of the molecule is CCOc1nc2cc3c(cc2nc1-c1cccs1)OCO3. The predicted octanol–water partition coefficient (Wildman–Crippen LogP) is 3.49. The van der Waals surface area contributed by atoms with Gasteiger partial charge in [0.2, 0.25) is 12.7 Å². The highest BCUT2D eigenvalue weighted by molar-refractivity contribution is 7.13. The highest BCUT2D eigenvalue weighted by Gasteiger charge is 2.18. The summed E-state index contributed by atoms with van der Waals surface area (Å²) in [6.45, 7) is 2.72. The van der Waals surface area contributed by atoms with E-state index in [9.17, 15) is 0 Å². The minimum atomic E-state index is 0.238. The van der Waals surface area contributed by atoms with Crippen LogP contribution < -0.4 is 14.2 Å². The van der Waals surface area contributed by atoms with Crippen LogP contribution in [0, 0.1) is 0 Å². The van der Waals surface area contributed by atoms with E-state index >= 15 is 0 Å². The third-order valence-electron chi connectivity index (χ3n) is 3.16. The van der Waals surface area contributed by atoms with E-state index in [1.54, 1.807) is 11.3 Å². The molecular formula is C15H12N2O3S. The monoisotopic (exact) mass is 300 g/mol. The van der Waals surface area contributed by atoms with Gasteiger partial charge in [0.05, 0.1) is 22.5 Å². The fourth-order valence-corrected chi connectivity index (χ4v) is 2.95. The van der Waals surface area contributed by atoms with Gasteiger partial charge in [-0.2, -0.15) is 0 Å². The third kappa shape index (κ3) is 2.08. The predicted molar refractivity (Wildman–Crippen MR) is 80.1 cm³/mol. The summed E-state index contributed by atoms with van der Waals surface area (Å²) in [7, 11) is 0. The van der Waals surface area contributed by atoms with Crippen molar-refractivity contribution in [2.24, 2.45) is 0 Å². The summed E-state index contributed by atoms with van der Waals surface area (Å²) in [6.07, 6.45) is 0. The van der Waals surface area contributed by atoms with Gasteiger partial charge in [-0.25, -0.2) is 9.97 Å². The summed E-state index contributed by atoms with van der Waals surface area (Å²) in [5, 5.41) is 2.01. The van der Waals surface area contributed by atoms with Crippen molar-refractivity contribution in [2.75, 3.05) is 13.4 Å². The number of rotatable bonds is 3. The van der Waals surface area contributed by atoms with Crippen molar-refractivity contribution >= 4 is 22.4 Å². The first-order valence-electron chi connectivity index (χ1n) is 6.63. The van der Waals surface area contributed by atoms with E-state index in [1.165, 1.54) is 0 Å². The Morgan fingerprint density at radius 3 is 2.62 bits per heavy atom. The van der Waals surface area contributed by atoms with Crippen molar-refractivity contribution < 1.29 is 14.2 Å². The summed E-state index contributed by atoms with van der Waals surface area (Å²) in [6, 6.07) is 7.69. The Morgan fingerprint density at radius 2 is 1.95 bits per heavy atom. The zero-order chi connectivity index (χ0) is 14.2. The van der Waals surface area contributed by atoms with Gasteiger partial charge in [0, 0.05) is 12.1 Å². The van der Waals surface area contributed by atoms with Crippen molar-refractivity contribution in [3.8, 4) is 28.0 Å². The Morgan fingerprint density at radius 1 is 1.19 bits per heavy atom. The molecule has 0 unspecified atom stereocenters. The van der Waals surface area contributed by atoms with Crippen molar-refractivity contribution in [2.45, 2.75) is 6.92 Å². The summed E-state index contributed by atoms with van der Waals surface area (Å²) >= 11 is 1.61. The lowest BCUT2D eigenvalue weighted by molar-refractivity contribution is 0.174. The van der Waals surface area contributed by atoms with Crippen LogP contribution in [0.2, 0.25) is 0 Å². The molecule has 1 aromatic carbocycles. The molecule has 4 rings (SSSR count). The van der Waals surface area contributed by atoms with Crippen LogP contribution in [0.4, 0.5) is 0 Å². The number of hydrogen-bond donors (Lipinski definition) is 0. The van der Waals surface area contributed by atoms with Crippen LogP contribution in [0.5, 0.6) is 17.4 Å². The molecule has 21 heavy (non-hydrogen) atoms. The number of ether oxygens (including phenoxy) is 3. The lowest BCUT2D eigenvalue weighted by Crippen LogP contribution is -1.99. The normalized spacial score (nSPS) is 12.8. The fraction of sp³-hybridized carbons (Fsp3) is 0.200. The van der Waals surface area contributed by atoms with E-state index < -0.39 is 0 Å². The van der Waals surface area contributed by atoms with Crippen molar-refractivity contribution in [3.63, 3.8) is 0 Å². The maximum absolute atomic E-state index is 5.65. The van der Waals surface area contributed by atoms with Crippen LogP contribution in [0.25, 0.3) is 21.6 Å². The van der Waals surface area contributed by atoms with E-state index in [-0.39, 0.29) is 6.79 Å². The minimum absolute atomic E-state index is 0.238. The number of aromatic nitrogens is 2. The van der Waals surface area contributed by atoms with Crippen LogP contribution >= 0.6 is 11.3 Å². The molecule has 3 heterocycles. The smallest absolute Gasteiger partial charge is 0.242 e. The molecule has 0 saturated carbocycles. The molecule has 0 bridgehead atoms.